The van der Waals surface area contributed by atoms with E-state index >= 15 is 0 Å². The first-order valence-electron chi connectivity index (χ1n) is 2.52. The topological polar surface area (TPSA) is 28.7 Å². The number of hydrogen-bond donors (Lipinski definition) is 1. The number of aryl methyl sites for hydroxylation is 1. The van der Waals surface area contributed by atoms with Gasteiger partial charge in [0.05, 0.1) is 6.20 Å². The molecule has 0 aromatic carbocycles. The Kier molecular flexibility index (Phi) is 1.53. The molecule has 44 valence electrons. The zero-order valence-electron chi connectivity index (χ0n) is 4.61. The van der Waals surface area contributed by atoms with Crippen molar-refractivity contribution >= 4 is 11.6 Å². The maximum absolute atomic E-state index is 5.62. The van der Waals surface area contributed by atoms with Gasteiger partial charge in [0.15, 0.2) is 0 Å². The third kappa shape index (κ3) is 0.842. The molecule has 0 unspecified atom stereocenters. The van der Waals surface area contributed by atoms with Gasteiger partial charge in [-0.1, -0.05) is 18.5 Å². The molecule has 0 spiro atoms. The Bertz CT molecular complexity index is 171. The Hall–Kier alpha value is -0.500. The van der Waals surface area contributed by atoms with E-state index in [0.717, 1.165) is 12.0 Å². The summed E-state index contributed by atoms with van der Waals surface area (Å²) in [6, 6.07) is 0. The molecule has 0 atom stereocenters. The molecular weight excluding hydrogens is 124 g/mol. The van der Waals surface area contributed by atoms with Crippen LogP contribution in [-0.2, 0) is 6.42 Å². The Labute approximate surface area is 52.9 Å². The number of rotatable bonds is 1. The average molecular weight is 131 g/mol. The van der Waals surface area contributed by atoms with Gasteiger partial charge >= 0.3 is 0 Å². The molecule has 1 rings (SSSR count). The molecule has 1 N–H and O–H groups in total. The summed E-state index contributed by atoms with van der Waals surface area (Å²) in [4.78, 5) is 0. The van der Waals surface area contributed by atoms with Crippen molar-refractivity contribution in [3.05, 3.63) is 16.9 Å². The van der Waals surface area contributed by atoms with E-state index in [1.165, 1.54) is 0 Å². The van der Waals surface area contributed by atoms with Crippen LogP contribution < -0.4 is 0 Å². The first-order valence-corrected chi connectivity index (χ1v) is 2.90. The molecule has 2 nitrogen and oxygen atoms in total. The summed E-state index contributed by atoms with van der Waals surface area (Å²) < 4.78 is 0. The van der Waals surface area contributed by atoms with Crippen LogP contribution >= 0.6 is 11.6 Å². The van der Waals surface area contributed by atoms with E-state index in [1.54, 1.807) is 6.20 Å². The van der Waals surface area contributed by atoms with E-state index in [0.29, 0.717) is 5.15 Å². The van der Waals surface area contributed by atoms with Crippen molar-refractivity contribution < 1.29 is 0 Å². The zero-order valence-corrected chi connectivity index (χ0v) is 5.37. The van der Waals surface area contributed by atoms with Crippen LogP contribution in [0, 0.1) is 0 Å². The van der Waals surface area contributed by atoms with Crippen LogP contribution in [0.2, 0.25) is 5.15 Å². The fourth-order valence-electron chi connectivity index (χ4n) is 0.542. The van der Waals surface area contributed by atoms with Crippen LogP contribution in [-0.4, -0.2) is 10.2 Å². The summed E-state index contributed by atoms with van der Waals surface area (Å²) in [6.07, 6.45) is 2.68. The highest BCUT2D eigenvalue weighted by molar-refractivity contribution is 6.30. The van der Waals surface area contributed by atoms with Crippen LogP contribution in [0.5, 0.6) is 0 Å². The van der Waals surface area contributed by atoms with E-state index in [1.807, 2.05) is 6.92 Å². The van der Waals surface area contributed by atoms with Gasteiger partial charge in [0.2, 0.25) is 0 Å². The van der Waals surface area contributed by atoms with Crippen molar-refractivity contribution in [2.45, 2.75) is 13.3 Å². The minimum Gasteiger partial charge on any atom is -0.267 e. The van der Waals surface area contributed by atoms with Gasteiger partial charge in [0, 0.05) is 5.56 Å². The van der Waals surface area contributed by atoms with Crippen LogP contribution in [0.15, 0.2) is 6.20 Å². The molecule has 0 aliphatic heterocycles. The van der Waals surface area contributed by atoms with E-state index < -0.39 is 0 Å². The molecule has 0 aliphatic carbocycles. The van der Waals surface area contributed by atoms with Crippen LogP contribution in [0.1, 0.15) is 12.5 Å². The summed E-state index contributed by atoms with van der Waals surface area (Å²) in [7, 11) is 0. The van der Waals surface area contributed by atoms with Crippen molar-refractivity contribution in [1.82, 2.24) is 10.2 Å². The first kappa shape index (κ1) is 5.63. The van der Waals surface area contributed by atoms with Gasteiger partial charge in [0.25, 0.3) is 0 Å². The smallest absolute Gasteiger partial charge is 0.127 e. The lowest BCUT2D eigenvalue weighted by molar-refractivity contribution is 1.09. The highest BCUT2D eigenvalue weighted by Crippen LogP contribution is 2.09. The summed E-state index contributed by atoms with van der Waals surface area (Å²) in [6.45, 7) is 2.04. The van der Waals surface area contributed by atoms with E-state index in [2.05, 4.69) is 10.2 Å². The molecular formula is C5H7ClN2. The van der Waals surface area contributed by atoms with Crippen LogP contribution in [0.25, 0.3) is 0 Å². The van der Waals surface area contributed by atoms with Crippen molar-refractivity contribution in [2.24, 2.45) is 0 Å². The summed E-state index contributed by atoms with van der Waals surface area (Å²) in [5.41, 5.74) is 1.08. The summed E-state index contributed by atoms with van der Waals surface area (Å²) in [5, 5.41) is 7.03. The summed E-state index contributed by atoms with van der Waals surface area (Å²) in [5.74, 6) is 0. The van der Waals surface area contributed by atoms with Crippen molar-refractivity contribution in [2.75, 3.05) is 0 Å². The monoisotopic (exact) mass is 130 g/mol. The number of H-pyrrole nitrogens is 1. The Morgan fingerprint density at radius 3 is 2.88 bits per heavy atom. The molecule has 0 radical (unpaired) electrons. The maximum atomic E-state index is 5.62. The molecule has 1 aromatic rings. The second-order valence-electron chi connectivity index (χ2n) is 1.56. The number of aromatic amines is 1. The van der Waals surface area contributed by atoms with Gasteiger partial charge in [-0.2, -0.15) is 5.10 Å². The SMILES string of the molecule is CCc1cn[nH]c1Cl. The predicted octanol–water partition coefficient (Wildman–Crippen LogP) is 1.63. The highest BCUT2D eigenvalue weighted by Gasteiger charge is 1.95. The van der Waals surface area contributed by atoms with Gasteiger partial charge < -0.3 is 0 Å². The molecule has 0 saturated carbocycles. The van der Waals surface area contributed by atoms with E-state index in [4.69, 9.17) is 11.6 Å². The van der Waals surface area contributed by atoms with Gasteiger partial charge in [-0.3, -0.25) is 5.10 Å². The largest absolute Gasteiger partial charge is 0.267 e. The molecule has 0 bridgehead atoms. The maximum Gasteiger partial charge on any atom is 0.127 e. The Morgan fingerprint density at radius 2 is 2.62 bits per heavy atom. The molecule has 8 heavy (non-hydrogen) atoms. The molecule has 1 heterocycles. The van der Waals surface area contributed by atoms with Crippen LogP contribution in [0.4, 0.5) is 0 Å². The Morgan fingerprint density at radius 1 is 1.88 bits per heavy atom. The minimum absolute atomic E-state index is 0.660. The lowest BCUT2D eigenvalue weighted by atomic mass is 10.3. The molecule has 1 aromatic heterocycles. The second kappa shape index (κ2) is 2.18. The van der Waals surface area contributed by atoms with Crippen molar-refractivity contribution in [3.63, 3.8) is 0 Å². The van der Waals surface area contributed by atoms with Gasteiger partial charge in [-0.25, -0.2) is 0 Å². The molecule has 0 saturated heterocycles. The second-order valence-corrected chi connectivity index (χ2v) is 1.94. The lowest BCUT2D eigenvalue weighted by Gasteiger charge is -1.83. The molecule has 0 aliphatic rings. The number of hydrogen-bond acceptors (Lipinski definition) is 1. The first-order chi connectivity index (χ1) is 3.84. The quantitative estimate of drug-likeness (QED) is 0.615. The third-order valence-corrected chi connectivity index (χ3v) is 1.37. The highest BCUT2D eigenvalue weighted by atomic mass is 35.5. The van der Waals surface area contributed by atoms with Crippen LogP contribution in [0.3, 0.4) is 0 Å². The summed E-state index contributed by atoms with van der Waals surface area (Å²) >= 11 is 5.62. The van der Waals surface area contributed by atoms with Gasteiger partial charge in [-0.05, 0) is 6.42 Å². The zero-order chi connectivity index (χ0) is 5.98. The van der Waals surface area contributed by atoms with E-state index in [9.17, 15) is 0 Å². The van der Waals surface area contributed by atoms with Gasteiger partial charge in [-0.15, -0.1) is 0 Å². The average Bonchev–Trinajstić information content (AvgIpc) is 2.14. The number of halogens is 1. The molecule has 3 heteroatoms. The van der Waals surface area contributed by atoms with Crippen molar-refractivity contribution in [1.29, 1.82) is 0 Å². The normalized spacial score (nSPS) is 9.75. The Balaban J connectivity index is 2.92. The molecule has 0 amide bonds. The number of nitrogens with zero attached hydrogens (tertiary/aromatic N) is 1. The number of aromatic nitrogens is 2. The van der Waals surface area contributed by atoms with Crippen molar-refractivity contribution in [3.8, 4) is 0 Å². The fourth-order valence-corrected chi connectivity index (χ4v) is 0.773. The minimum atomic E-state index is 0.660. The van der Waals surface area contributed by atoms with Gasteiger partial charge in [0.1, 0.15) is 5.15 Å². The molecule has 0 fully saturated rings. The third-order valence-electron chi connectivity index (χ3n) is 1.05. The standard InChI is InChI=1S/C5H7ClN2/c1-2-4-3-7-8-5(4)6/h3H,2H2,1H3,(H,7,8). The van der Waals surface area contributed by atoms with E-state index in [-0.39, 0.29) is 0 Å². The number of nitrogens with one attached hydrogen (secondary N) is 1. The fraction of sp³-hybridized carbons (Fsp3) is 0.400. The lowest BCUT2D eigenvalue weighted by Crippen LogP contribution is -1.72. The predicted molar refractivity (Wildman–Crippen MR) is 33.0 cm³/mol.